The second-order valence-electron chi connectivity index (χ2n) is 17.0. The van der Waals surface area contributed by atoms with Gasteiger partial charge < -0.3 is 15.1 Å². The van der Waals surface area contributed by atoms with Crippen molar-refractivity contribution in [2.45, 2.75) is 102 Å². The average molecular weight is 850 g/mol. The Morgan fingerprint density at radius 2 is 1.80 bits per heavy atom. The van der Waals surface area contributed by atoms with E-state index in [-0.39, 0.29) is 60.3 Å². The number of halogens is 3. The molecule has 2 aromatic heterocycles. The van der Waals surface area contributed by atoms with E-state index in [1.54, 1.807) is 25.6 Å². The van der Waals surface area contributed by atoms with Gasteiger partial charge in [0.1, 0.15) is 11.6 Å². The standard InChI is InChI=1S/C41H50F3N11O4S/c1-24-21-51(22-25(2)53(24)23-34(57)47-31-10-6-9-29-35(31)50(5)49-36(29)52-17-15-33(56)48-38(52)59)16-7-8-26-11-13-27(14-12-26)55-39(60)54(37(58)40(55,3)4)28-18-30(41(42,43)44)32(19-45)46-20-28/h6,9-10,18,20,24-27H,7-8,11-17,21-23H2,1-5H3,(H,47,57)(H,48,56,59)/t24-,25+,26?,27?. The topological polar surface area (TPSA) is 163 Å². The van der Waals surface area contributed by atoms with Crippen molar-refractivity contribution >= 4 is 69.2 Å². The zero-order valence-corrected chi connectivity index (χ0v) is 35.2. The molecule has 60 heavy (non-hydrogen) atoms. The first kappa shape index (κ1) is 42.9. The summed E-state index contributed by atoms with van der Waals surface area (Å²) in [5.74, 6) is 0.0303. The molecule has 2 atom stereocenters. The number of aryl methyl sites for hydroxylation is 1. The van der Waals surface area contributed by atoms with Crippen LogP contribution in [-0.4, -0.2) is 115 Å². The molecule has 0 unspecified atom stereocenters. The van der Waals surface area contributed by atoms with Crippen LogP contribution >= 0.6 is 12.2 Å². The summed E-state index contributed by atoms with van der Waals surface area (Å²) in [4.78, 5) is 64.2. The van der Waals surface area contributed by atoms with Crippen molar-refractivity contribution in [3.63, 3.8) is 0 Å². The molecule has 0 radical (unpaired) electrons. The molecule has 0 spiro atoms. The number of hydrogen-bond acceptors (Lipinski definition) is 10. The first-order valence-electron chi connectivity index (χ1n) is 20.4. The molecule has 15 nitrogen and oxygen atoms in total. The van der Waals surface area contributed by atoms with Crippen molar-refractivity contribution in [2.24, 2.45) is 13.0 Å². The van der Waals surface area contributed by atoms with E-state index in [1.807, 2.05) is 23.1 Å². The summed E-state index contributed by atoms with van der Waals surface area (Å²) in [6, 6.07) is 7.44. The van der Waals surface area contributed by atoms with Crippen molar-refractivity contribution in [3.05, 3.63) is 41.7 Å². The summed E-state index contributed by atoms with van der Waals surface area (Å²) in [6.45, 7) is 10.8. The Hall–Kier alpha value is -5.19. The molecule has 1 aliphatic carbocycles. The van der Waals surface area contributed by atoms with Crippen molar-refractivity contribution in [1.29, 1.82) is 5.26 Å². The van der Waals surface area contributed by atoms with Gasteiger partial charge in [-0.05, 0) is 109 Å². The van der Waals surface area contributed by atoms with Gasteiger partial charge >= 0.3 is 12.2 Å². The summed E-state index contributed by atoms with van der Waals surface area (Å²) in [6.07, 6.45) is 2.03. The highest BCUT2D eigenvalue weighted by Gasteiger charge is 2.53. The molecule has 320 valence electrons. The molecule has 3 aromatic rings. The lowest BCUT2D eigenvalue weighted by Gasteiger charge is -2.44. The van der Waals surface area contributed by atoms with Gasteiger partial charge in [-0.15, -0.1) is 0 Å². The number of imide groups is 1. The summed E-state index contributed by atoms with van der Waals surface area (Å²) >= 11 is 5.75. The molecule has 1 saturated carbocycles. The van der Waals surface area contributed by atoms with Crippen LogP contribution in [0.2, 0.25) is 0 Å². The maximum atomic E-state index is 13.7. The van der Waals surface area contributed by atoms with Gasteiger partial charge in [-0.25, -0.2) is 9.78 Å². The number of hydrogen-bond donors (Lipinski definition) is 2. The van der Waals surface area contributed by atoms with Gasteiger partial charge in [0.15, 0.2) is 16.6 Å². The summed E-state index contributed by atoms with van der Waals surface area (Å²) < 4.78 is 42.8. The number of alkyl halides is 3. The van der Waals surface area contributed by atoms with Crippen LogP contribution in [-0.2, 0) is 27.6 Å². The molecular weight excluding hydrogens is 800 g/mol. The number of urea groups is 1. The maximum Gasteiger partial charge on any atom is 0.419 e. The molecular formula is C41H50F3N11O4S. The molecule has 5 heterocycles. The van der Waals surface area contributed by atoms with E-state index in [4.69, 9.17) is 12.2 Å². The van der Waals surface area contributed by atoms with Crippen LogP contribution in [0.4, 0.5) is 35.2 Å². The van der Waals surface area contributed by atoms with E-state index in [2.05, 4.69) is 44.4 Å². The largest absolute Gasteiger partial charge is 0.419 e. The zero-order chi connectivity index (χ0) is 43.3. The van der Waals surface area contributed by atoms with Crippen molar-refractivity contribution in [1.82, 2.24) is 34.8 Å². The molecule has 0 bridgehead atoms. The minimum Gasteiger partial charge on any atom is -0.331 e. The fraction of sp³-hybridized carbons (Fsp3) is 0.561. The summed E-state index contributed by atoms with van der Waals surface area (Å²) in [5, 5.41) is 20.0. The first-order valence-corrected chi connectivity index (χ1v) is 20.8. The van der Waals surface area contributed by atoms with Gasteiger partial charge in [-0.3, -0.25) is 39.1 Å². The number of thiocarbonyl (C=S) groups is 1. The highest BCUT2D eigenvalue weighted by molar-refractivity contribution is 7.80. The predicted octanol–water partition coefficient (Wildman–Crippen LogP) is 5.39. The van der Waals surface area contributed by atoms with Crippen LogP contribution < -0.4 is 20.4 Å². The molecule has 3 aliphatic heterocycles. The Balaban J connectivity index is 0.884. The third-order valence-corrected chi connectivity index (χ3v) is 12.8. The van der Waals surface area contributed by atoms with Gasteiger partial charge in [-0.1, -0.05) is 6.07 Å². The lowest BCUT2D eigenvalue weighted by Crippen LogP contribution is -2.58. The second-order valence-corrected chi connectivity index (χ2v) is 17.3. The van der Waals surface area contributed by atoms with Crippen molar-refractivity contribution < 1.29 is 32.3 Å². The van der Waals surface area contributed by atoms with E-state index < -0.39 is 34.9 Å². The number of carbonyl (C=O) groups excluding carboxylic acids is 4. The van der Waals surface area contributed by atoms with E-state index in [0.29, 0.717) is 28.3 Å². The van der Waals surface area contributed by atoms with E-state index in [0.717, 1.165) is 75.3 Å². The Labute approximate surface area is 351 Å². The number of aromatic nitrogens is 3. The number of carbonyl (C=O) groups is 4. The number of piperazine rings is 1. The normalized spacial score (nSPS) is 24.3. The average Bonchev–Trinajstić information content (AvgIpc) is 3.61. The Morgan fingerprint density at radius 3 is 2.45 bits per heavy atom. The Bertz CT molecular complexity index is 2240. The molecule has 4 aliphatic rings. The minimum absolute atomic E-state index is 0.0385. The zero-order valence-electron chi connectivity index (χ0n) is 34.4. The van der Waals surface area contributed by atoms with Gasteiger partial charge in [0.2, 0.25) is 11.8 Å². The number of pyridine rings is 1. The van der Waals surface area contributed by atoms with Crippen LogP contribution in [0.25, 0.3) is 10.9 Å². The fourth-order valence-electron chi connectivity index (χ4n) is 9.53. The van der Waals surface area contributed by atoms with Gasteiger partial charge in [-0.2, -0.15) is 23.5 Å². The molecule has 5 amide bonds. The number of benzene rings is 1. The number of amides is 5. The molecule has 3 saturated heterocycles. The molecule has 2 N–H and O–H groups in total. The summed E-state index contributed by atoms with van der Waals surface area (Å²) in [5.41, 5.74) is -1.86. The molecule has 7 rings (SSSR count). The first-order chi connectivity index (χ1) is 28.4. The number of nitrogens with one attached hydrogen (secondary N) is 2. The highest BCUT2D eigenvalue weighted by atomic mass is 32.1. The maximum absolute atomic E-state index is 13.7. The predicted molar refractivity (Wildman–Crippen MR) is 222 cm³/mol. The lowest BCUT2D eigenvalue weighted by molar-refractivity contribution is -0.138. The SMILES string of the molecule is C[C@@H]1CN(CCCC2CCC(N3C(=S)N(c4cnc(C#N)c(C(F)(F)F)c4)C(=O)C3(C)C)CC2)C[C@H](C)N1CC(=O)Nc1cccc2c(N3CCC(=O)NC3=O)nn(C)c12. The second kappa shape index (κ2) is 16.7. The highest BCUT2D eigenvalue weighted by Crippen LogP contribution is 2.41. The third-order valence-electron chi connectivity index (χ3n) is 12.5. The van der Waals surface area contributed by atoms with E-state index in [9.17, 15) is 37.6 Å². The Kier molecular flexibility index (Phi) is 11.9. The molecule has 4 fully saturated rings. The number of para-hydroxylation sites is 1. The number of rotatable bonds is 10. The monoisotopic (exact) mass is 849 g/mol. The van der Waals surface area contributed by atoms with Gasteiger partial charge in [0, 0.05) is 56.6 Å². The van der Waals surface area contributed by atoms with E-state index >= 15 is 0 Å². The van der Waals surface area contributed by atoms with Gasteiger partial charge in [0.25, 0.3) is 5.91 Å². The fourth-order valence-corrected chi connectivity index (χ4v) is 10.1. The lowest BCUT2D eigenvalue weighted by atomic mass is 9.82. The van der Waals surface area contributed by atoms with Crippen molar-refractivity contribution in [3.8, 4) is 6.07 Å². The van der Waals surface area contributed by atoms with Crippen LogP contribution in [0.5, 0.6) is 0 Å². The van der Waals surface area contributed by atoms with Crippen LogP contribution in [0.3, 0.4) is 0 Å². The molecule has 19 heteroatoms. The van der Waals surface area contributed by atoms with Crippen LogP contribution in [0, 0.1) is 17.2 Å². The van der Waals surface area contributed by atoms with Gasteiger partial charge in [0.05, 0.1) is 35.2 Å². The van der Waals surface area contributed by atoms with Crippen LogP contribution in [0.15, 0.2) is 30.5 Å². The minimum atomic E-state index is -4.82. The third kappa shape index (κ3) is 8.28. The van der Waals surface area contributed by atoms with Crippen LogP contribution in [0.1, 0.15) is 83.9 Å². The Morgan fingerprint density at radius 1 is 1.10 bits per heavy atom. The van der Waals surface area contributed by atoms with Crippen molar-refractivity contribution in [2.75, 3.05) is 47.8 Å². The summed E-state index contributed by atoms with van der Waals surface area (Å²) in [7, 11) is 1.76. The number of nitrogens with zero attached hydrogens (tertiary/aromatic N) is 9. The quantitative estimate of drug-likeness (QED) is 0.252. The number of anilines is 3. The number of nitriles is 1. The number of fused-ring (bicyclic) bond motifs is 1. The smallest absolute Gasteiger partial charge is 0.331 e. The molecule has 1 aromatic carbocycles. The van der Waals surface area contributed by atoms with E-state index in [1.165, 1.54) is 11.0 Å².